The van der Waals surface area contributed by atoms with Gasteiger partial charge >= 0.3 is 0 Å². The fraction of sp³-hybridized carbons (Fsp3) is 0.409. The number of hydrogen-bond acceptors (Lipinski definition) is 4. The number of carbonyl (C=O) groups is 1. The van der Waals surface area contributed by atoms with E-state index in [-0.39, 0.29) is 34.1 Å². The lowest BCUT2D eigenvalue weighted by Gasteiger charge is -2.23. The number of rotatable bonds is 7. The average molecular weight is 435 g/mol. The van der Waals surface area contributed by atoms with Crippen molar-refractivity contribution >= 4 is 15.9 Å². The number of carbonyl (C=O) groups excluding carboxylic acids is 1. The molecule has 162 valence electrons. The highest BCUT2D eigenvalue weighted by Crippen LogP contribution is 2.27. The number of halogens is 1. The number of sulfonamides is 1. The fourth-order valence-electron chi connectivity index (χ4n) is 3.65. The van der Waals surface area contributed by atoms with Gasteiger partial charge in [-0.25, -0.2) is 17.5 Å². The molecule has 1 fully saturated rings. The number of methoxy groups -OCH3 is 1. The lowest BCUT2D eigenvalue weighted by molar-refractivity contribution is 0.0939. The smallest absolute Gasteiger partial charge is 0.251 e. The molecule has 3 rings (SSSR count). The zero-order valence-electron chi connectivity index (χ0n) is 17.2. The zero-order chi connectivity index (χ0) is 21.7. The van der Waals surface area contributed by atoms with Crippen LogP contribution in [0.1, 0.15) is 61.0 Å². The van der Waals surface area contributed by atoms with Gasteiger partial charge < -0.3 is 10.1 Å². The second-order valence-electron chi connectivity index (χ2n) is 7.57. The summed E-state index contributed by atoms with van der Waals surface area (Å²) < 4.78 is 47.0. The molecule has 1 aliphatic carbocycles. The van der Waals surface area contributed by atoms with Crippen molar-refractivity contribution in [1.29, 1.82) is 0 Å². The van der Waals surface area contributed by atoms with E-state index in [9.17, 15) is 17.6 Å². The Labute approximate surface area is 176 Å². The summed E-state index contributed by atoms with van der Waals surface area (Å²) in [7, 11) is -2.45. The van der Waals surface area contributed by atoms with Crippen LogP contribution in [0.15, 0.2) is 47.4 Å². The van der Waals surface area contributed by atoms with E-state index in [0.717, 1.165) is 37.7 Å². The number of amides is 1. The molecular weight excluding hydrogens is 407 g/mol. The normalized spacial score (nSPS) is 16.1. The lowest BCUT2D eigenvalue weighted by Crippen LogP contribution is -2.36. The first-order valence-corrected chi connectivity index (χ1v) is 11.5. The molecule has 0 spiro atoms. The Balaban J connectivity index is 1.80. The molecule has 8 heteroatoms. The van der Waals surface area contributed by atoms with Crippen molar-refractivity contribution in [3.05, 3.63) is 59.4 Å². The molecule has 2 aromatic carbocycles. The molecule has 2 N–H and O–H groups in total. The summed E-state index contributed by atoms with van der Waals surface area (Å²) in [6.45, 7) is 1.77. The van der Waals surface area contributed by atoms with Crippen molar-refractivity contribution < 1.29 is 22.3 Å². The van der Waals surface area contributed by atoms with Crippen LogP contribution in [-0.4, -0.2) is 27.5 Å². The minimum Gasteiger partial charge on any atom is -0.495 e. The minimum atomic E-state index is -3.84. The Hall–Kier alpha value is -2.45. The molecule has 0 aromatic heterocycles. The van der Waals surface area contributed by atoms with Gasteiger partial charge in [0.15, 0.2) is 0 Å². The summed E-state index contributed by atoms with van der Waals surface area (Å²) in [6.07, 6.45) is 4.71. The number of hydrogen-bond donors (Lipinski definition) is 2. The molecule has 30 heavy (non-hydrogen) atoms. The molecule has 0 heterocycles. The van der Waals surface area contributed by atoms with E-state index in [4.69, 9.17) is 4.74 Å². The molecule has 1 aliphatic rings. The van der Waals surface area contributed by atoms with E-state index in [2.05, 4.69) is 10.0 Å². The van der Waals surface area contributed by atoms with Gasteiger partial charge in [-0.3, -0.25) is 4.79 Å². The molecule has 0 bridgehead atoms. The largest absolute Gasteiger partial charge is 0.495 e. The molecule has 1 amide bonds. The lowest BCUT2D eigenvalue weighted by atomic mass is 9.96. The summed E-state index contributed by atoms with van der Waals surface area (Å²) in [5, 5.41) is 2.81. The Morgan fingerprint density at radius 3 is 2.40 bits per heavy atom. The van der Waals surface area contributed by atoms with E-state index in [1.165, 1.54) is 37.4 Å². The first-order valence-electron chi connectivity index (χ1n) is 10.1. The molecule has 1 atom stereocenters. The van der Waals surface area contributed by atoms with Crippen LogP contribution in [0.25, 0.3) is 0 Å². The van der Waals surface area contributed by atoms with Gasteiger partial charge in [0.2, 0.25) is 10.0 Å². The number of benzene rings is 2. The Bertz CT molecular complexity index is 987. The van der Waals surface area contributed by atoms with Crippen LogP contribution < -0.4 is 14.8 Å². The van der Waals surface area contributed by atoms with Gasteiger partial charge in [-0.15, -0.1) is 0 Å². The van der Waals surface area contributed by atoms with Gasteiger partial charge in [-0.05, 0) is 55.7 Å². The van der Waals surface area contributed by atoms with Crippen LogP contribution in [0.4, 0.5) is 4.39 Å². The van der Waals surface area contributed by atoms with Crippen molar-refractivity contribution in [2.75, 3.05) is 7.11 Å². The van der Waals surface area contributed by atoms with E-state index < -0.39 is 15.9 Å². The first-order chi connectivity index (χ1) is 14.3. The predicted octanol–water partition coefficient (Wildman–Crippen LogP) is 3.94. The Morgan fingerprint density at radius 2 is 1.77 bits per heavy atom. The topological polar surface area (TPSA) is 84.5 Å². The summed E-state index contributed by atoms with van der Waals surface area (Å²) in [5.41, 5.74) is 0.943. The van der Waals surface area contributed by atoms with Gasteiger partial charge in [-0.1, -0.05) is 31.4 Å². The van der Waals surface area contributed by atoms with Crippen molar-refractivity contribution in [2.24, 2.45) is 0 Å². The van der Waals surface area contributed by atoms with E-state index in [1.807, 2.05) is 0 Å². The van der Waals surface area contributed by atoms with Crippen molar-refractivity contribution in [3.8, 4) is 5.75 Å². The molecule has 0 aliphatic heterocycles. The first kappa shape index (κ1) is 22.2. The van der Waals surface area contributed by atoms with Crippen LogP contribution in [0, 0.1) is 5.82 Å². The van der Waals surface area contributed by atoms with Gasteiger partial charge in [0, 0.05) is 11.6 Å². The summed E-state index contributed by atoms with van der Waals surface area (Å²) in [5.74, 6) is -0.599. The van der Waals surface area contributed by atoms with Crippen LogP contribution in [0.2, 0.25) is 0 Å². The summed E-state index contributed by atoms with van der Waals surface area (Å²) in [6, 6.07) is 9.69. The second-order valence-corrected chi connectivity index (χ2v) is 9.25. The van der Waals surface area contributed by atoms with Gasteiger partial charge in [0.1, 0.15) is 16.5 Å². The second kappa shape index (κ2) is 9.57. The SMILES string of the molecule is COc1ccc(C(=O)N[C@@H](C)c2ccc(F)cc2)cc1S(=O)(=O)NC1CCCCC1. The van der Waals surface area contributed by atoms with Gasteiger partial charge in [0.05, 0.1) is 13.2 Å². The third-order valence-electron chi connectivity index (χ3n) is 5.36. The molecule has 2 aromatic rings. The molecule has 0 unspecified atom stereocenters. The average Bonchev–Trinajstić information content (AvgIpc) is 2.74. The quantitative estimate of drug-likeness (QED) is 0.691. The maximum atomic E-state index is 13.1. The number of nitrogens with one attached hydrogen (secondary N) is 2. The monoisotopic (exact) mass is 434 g/mol. The molecular formula is C22H27FN2O4S. The Kier molecular flexibility index (Phi) is 7.10. The van der Waals surface area contributed by atoms with Crippen LogP contribution >= 0.6 is 0 Å². The third-order valence-corrected chi connectivity index (χ3v) is 6.90. The van der Waals surface area contributed by atoms with E-state index in [0.29, 0.717) is 0 Å². The molecule has 6 nitrogen and oxygen atoms in total. The zero-order valence-corrected chi connectivity index (χ0v) is 18.0. The standard InChI is InChI=1S/C22H27FN2O4S/c1-15(16-8-11-18(23)12-9-16)24-22(26)17-10-13-20(29-2)21(14-17)30(27,28)25-19-6-4-3-5-7-19/h8-15,19,25H,3-7H2,1-2H3,(H,24,26)/t15-/m0/s1. The van der Waals surface area contributed by atoms with Crippen LogP contribution in [0.5, 0.6) is 5.75 Å². The van der Waals surface area contributed by atoms with Crippen LogP contribution in [0.3, 0.4) is 0 Å². The third kappa shape index (κ3) is 5.37. The van der Waals surface area contributed by atoms with E-state index >= 15 is 0 Å². The highest BCUT2D eigenvalue weighted by molar-refractivity contribution is 7.89. The Morgan fingerprint density at radius 1 is 1.10 bits per heavy atom. The number of ether oxygens (including phenoxy) is 1. The summed E-state index contributed by atoms with van der Waals surface area (Å²) in [4.78, 5) is 12.7. The maximum absolute atomic E-state index is 13.1. The van der Waals surface area contributed by atoms with Gasteiger partial charge in [-0.2, -0.15) is 0 Å². The van der Waals surface area contributed by atoms with E-state index in [1.54, 1.807) is 19.1 Å². The van der Waals surface area contributed by atoms with Crippen LogP contribution in [-0.2, 0) is 10.0 Å². The molecule has 0 saturated heterocycles. The van der Waals surface area contributed by atoms with Gasteiger partial charge in [0.25, 0.3) is 5.91 Å². The van der Waals surface area contributed by atoms with Crippen molar-refractivity contribution in [1.82, 2.24) is 10.0 Å². The summed E-state index contributed by atoms with van der Waals surface area (Å²) >= 11 is 0. The highest BCUT2D eigenvalue weighted by Gasteiger charge is 2.26. The fourth-order valence-corrected chi connectivity index (χ4v) is 5.15. The molecule has 1 saturated carbocycles. The minimum absolute atomic E-state index is 0.0577. The van der Waals surface area contributed by atoms with Crippen molar-refractivity contribution in [2.45, 2.75) is 56.0 Å². The maximum Gasteiger partial charge on any atom is 0.251 e. The molecule has 0 radical (unpaired) electrons. The van der Waals surface area contributed by atoms with Crippen molar-refractivity contribution in [3.63, 3.8) is 0 Å². The predicted molar refractivity (Wildman–Crippen MR) is 112 cm³/mol. The highest BCUT2D eigenvalue weighted by atomic mass is 32.2.